The zero-order chi connectivity index (χ0) is 24.5. The Morgan fingerprint density at radius 3 is 2.15 bits per heavy atom. The number of amides is 1. The molecule has 0 spiro atoms. The van der Waals surface area contributed by atoms with E-state index in [-0.39, 0.29) is 17.1 Å². The first kappa shape index (κ1) is 23.1. The van der Waals surface area contributed by atoms with E-state index in [2.05, 4.69) is 31.3 Å². The summed E-state index contributed by atoms with van der Waals surface area (Å²) in [5, 5.41) is 2.77. The number of anilines is 1. The Morgan fingerprint density at radius 2 is 1.53 bits per heavy atom. The molecule has 8 heteroatoms. The summed E-state index contributed by atoms with van der Waals surface area (Å²) in [7, 11) is 6.09. The molecular weight excluding hydrogens is 438 g/mol. The maximum atomic E-state index is 12.9. The molecule has 1 N–H and O–H groups in total. The van der Waals surface area contributed by atoms with Gasteiger partial charge in [-0.1, -0.05) is 26.0 Å². The summed E-state index contributed by atoms with van der Waals surface area (Å²) in [6.07, 6.45) is 4.20. The first-order valence-electron chi connectivity index (χ1n) is 10.6. The highest BCUT2D eigenvalue weighted by molar-refractivity contribution is 6.04. The summed E-state index contributed by atoms with van der Waals surface area (Å²) >= 11 is 0. The van der Waals surface area contributed by atoms with Gasteiger partial charge in [0.1, 0.15) is 22.9 Å². The van der Waals surface area contributed by atoms with Crippen LogP contribution in [-0.4, -0.2) is 34.3 Å². The van der Waals surface area contributed by atoms with Crippen LogP contribution in [0.15, 0.2) is 46.9 Å². The number of benzene rings is 2. The fourth-order valence-corrected chi connectivity index (χ4v) is 3.81. The predicted molar refractivity (Wildman–Crippen MR) is 128 cm³/mol. The van der Waals surface area contributed by atoms with Crippen molar-refractivity contribution in [2.75, 3.05) is 33.8 Å². The van der Waals surface area contributed by atoms with E-state index in [1.807, 2.05) is 12.1 Å². The monoisotopic (exact) mass is 465 g/mol. The molecule has 4 rings (SSSR count). The molecule has 0 unspecified atom stereocenters. The lowest BCUT2D eigenvalue weighted by molar-refractivity contribution is 0.0991. The van der Waals surface area contributed by atoms with Crippen molar-refractivity contribution in [1.29, 1.82) is 0 Å². The second-order valence-electron chi connectivity index (χ2n) is 8.23. The number of carbonyl (C=O) groups excluding carboxylic acids is 1. The maximum absolute atomic E-state index is 12.9. The molecule has 0 aliphatic heterocycles. The zero-order valence-electron chi connectivity index (χ0n) is 20.0. The van der Waals surface area contributed by atoms with Crippen molar-refractivity contribution in [3.05, 3.63) is 59.4 Å². The Balaban J connectivity index is 1.57. The standard InChI is InChI=1S/C26H27NO7/c1-26(2)10-9-15-11-19(30-4)20(14-17(15)26)34-23-8-7-18(33-23)25(28)27-24-21(31-5)12-16(29-3)13-22(24)32-6/h7-14H,1-6H3,(H,27,28). The number of ether oxygens (including phenoxy) is 5. The lowest BCUT2D eigenvalue weighted by Gasteiger charge is -2.19. The molecule has 0 saturated heterocycles. The average molecular weight is 466 g/mol. The van der Waals surface area contributed by atoms with Gasteiger partial charge in [-0.15, -0.1) is 0 Å². The van der Waals surface area contributed by atoms with Crippen LogP contribution in [0.4, 0.5) is 5.69 Å². The van der Waals surface area contributed by atoms with Gasteiger partial charge in [0.2, 0.25) is 0 Å². The minimum absolute atomic E-state index is 0.0528. The van der Waals surface area contributed by atoms with E-state index in [0.717, 1.165) is 11.1 Å². The fourth-order valence-electron chi connectivity index (χ4n) is 3.81. The van der Waals surface area contributed by atoms with E-state index >= 15 is 0 Å². The largest absolute Gasteiger partial charge is 0.496 e. The molecule has 0 bridgehead atoms. The highest BCUT2D eigenvalue weighted by Gasteiger charge is 2.27. The number of nitrogens with one attached hydrogen (secondary N) is 1. The third kappa shape index (κ3) is 4.26. The van der Waals surface area contributed by atoms with Crippen molar-refractivity contribution in [2.24, 2.45) is 0 Å². The highest BCUT2D eigenvalue weighted by atomic mass is 16.6. The van der Waals surface area contributed by atoms with Crippen LogP contribution in [0.3, 0.4) is 0 Å². The second kappa shape index (κ2) is 9.05. The Labute approximate surface area is 198 Å². The van der Waals surface area contributed by atoms with Gasteiger partial charge >= 0.3 is 0 Å². The van der Waals surface area contributed by atoms with Crippen LogP contribution < -0.4 is 29.0 Å². The average Bonchev–Trinajstić information content (AvgIpc) is 3.42. The van der Waals surface area contributed by atoms with E-state index in [1.54, 1.807) is 25.3 Å². The van der Waals surface area contributed by atoms with Gasteiger partial charge in [0.05, 0.1) is 28.4 Å². The molecule has 178 valence electrons. The molecule has 0 radical (unpaired) electrons. The topological polar surface area (TPSA) is 88.4 Å². The molecular formula is C26H27NO7. The number of hydrogen-bond acceptors (Lipinski definition) is 7. The molecule has 1 heterocycles. The van der Waals surface area contributed by atoms with Gasteiger partial charge in [0, 0.05) is 23.6 Å². The number of hydrogen-bond donors (Lipinski definition) is 1. The molecule has 1 amide bonds. The van der Waals surface area contributed by atoms with E-state index < -0.39 is 5.91 Å². The number of rotatable bonds is 8. The van der Waals surface area contributed by atoms with Crippen LogP contribution in [0.2, 0.25) is 0 Å². The van der Waals surface area contributed by atoms with Crippen LogP contribution in [0.5, 0.6) is 34.7 Å². The lowest BCUT2D eigenvalue weighted by atomic mass is 9.87. The number of allylic oxidation sites excluding steroid dienone is 1. The highest BCUT2D eigenvalue weighted by Crippen LogP contribution is 2.43. The summed E-state index contributed by atoms with van der Waals surface area (Å²) in [4.78, 5) is 12.9. The van der Waals surface area contributed by atoms with E-state index in [9.17, 15) is 4.79 Å². The maximum Gasteiger partial charge on any atom is 0.291 e. The molecule has 0 fully saturated rings. The van der Waals surface area contributed by atoms with Crippen LogP contribution >= 0.6 is 0 Å². The third-order valence-electron chi connectivity index (χ3n) is 5.68. The molecule has 1 aliphatic carbocycles. The molecule has 3 aromatic rings. The van der Waals surface area contributed by atoms with E-state index in [0.29, 0.717) is 34.4 Å². The van der Waals surface area contributed by atoms with E-state index in [1.165, 1.54) is 27.4 Å². The SMILES string of the molecule is COc1cc(OC)c(NC(=O)c2ccc(Oc3cc4c(cc3OC)C=CC4(C)C)o2)c(OC)c1. The molecule has 1 aliphatic rings. The Hall–Kier alpha value is -4.07. The molecule has 2 aromatic carbocycles. The summed E-state index contributed by atoms with van der Waals surface area (Å²) in [6.45, 7) is 4.26. The normalized spacial score (nSPS) is 13.2. The van der Waals surface area contributed by atoms with Crippen molar-refractivity contribution in [3.8, 4) is 34.7 Å². The summed E-state index contributed by atoms with van der Waals surface area (Å²) < 4.78 is 33.1. The Bertz CT molecular complexity index is 1230. The van der Waals surface area contributed by atoms with Gasteiger partial charge < -0.3 is 33.4 Å². The minimum atomic E-state index is -0.497. The van der Waals surface area contributed by atoms with Crippen molar-refractivity contribution in [2.45, 2.75) is 19.3 Å². The van der Waals surface area contributed by atoms with E-state index in [4.69, 9.17) is 28.1 Å². The van der Waals surface area contributed by atoms with Gasteiger partial charge in [-0.25, -0.2) is 0 Å². The smallest absolute Gasteiger partial charge is 0.291 e. The number of fused-ring (bicyclic) bond motifs is 1. The van der Waals surface area contributed by atoms with Crippen LogP contribution in [0.25, 0.3) is 6.08 Å². The summed E-state index contributed by atoms with van der Waals surface area (Å²) in [6, 6.07) is 10.3. The van der Waals surface area contributed by atoms with Gasteiger partial charge in [-0.2, -0.15) is 0 Å². The Kier molecular flexibility index (Phi) is 6.15. The molecule has 8 nitrogen and oxygen atoms in total. The van der Waals surface area contributed by atoms with Gasteiger partial charge in [0.15, 0.2) is 17.3 Å². The van der Waals surface area contributed by atoms with Crippen molar-refractivity contribution in [1.82, 2.24) is 0 Å². The molecule has 1 aromatic heterocycles. The quantitative estimate of drug-likeness (QED) is 0.459. The van der Waals surface area contributed by atoms with Crippen molar-refractivity contribution in [3.63, 3.8) is 0 Å². The predicted octanol–water partition coefficient (Wildman–Crippen LogP) is 5.66. The number of carbonyl (C=O) groups is 1. The molecule has 0 atom stereocenters. The number of furan rings is 1. The first-order valence-corrected chi connectivity index (χ1v) is 10.6. The first-order chi connectivity index (χ1) is 16.3. The van der Waals surface area contributed by atoms with Crippen LogP contribution in [-0.2, 0) is 5.41 Å². The third-order valence-corrected chi connectivity index (χ3v) is 5.68. The zero-order valence-corrected chi connectivity index (χ0v) is 20.0. The van der Waals surface area contributed by atoms with Crippen molar-refractivity contribution < 1.29 is 32.9 Å². The Morgan fingerprint density at radius 1 is 0.853 bits per heavy atom. The van der Waals surface area contributed by atoms with Gasteiger partial charge in [-0.3, -0.25) is 4.79 Å². The van der Waals surface area contributed by atoms with Gasteiger partial charge in [-0.05, 0) is 29.3 Å². The van der Waals surface area contributed by atoms with Crippen LogP contribution in [0.1, 0.15) is 35.5 Å². The minimum Gasteiger partial charge on any atom is -0.496 e. The number of methoxy groups -OCH3 is 4. The summed E-state index contributed by atoms with van der Waals surface area (Å²) in [5.74, 6) is 2.06. The van der Waals surface area contributed by atoms with Crippen LogP contribution in [0, 0.1) is 0 Å². The van der Waals surface area contributed by atoms with Gasteiger partial charge in [0.25, 0.3) is 11.9 Å². The lowest BCUT2D eigenvalue weighted by Crippen LogP contribution is -2.13. The molecule has 0 saturated carbocycles. The molecule has 34 heavy (non-hydrogen) atoms. The van der Waals surface area contributed by atoms with Crippen molar-refractivity contribution >= 4 is 17.7 Å². The fraction of sp³-hybridized carbons (Fsp3) is 0.269. The second-order valence-corrected chi connectivity index (χ2v) is 8.23. The summed E-state index contributed by atoms with van der Waals surface area (Å²) in [5.41, 5.74) is 2.43.